The SMILES string of the molecule is C=C(C)c1ccc(OCOc2ccc(OC(=O)c3ccc(C(=C)C)cc3)cc2Cl)cc1. The largest absolute Gasteiger partial charge is 0.458 e. The van der Waals surface area contributed by atoms with E-state index in [0.29, 0.717) is 27.8 Å². The molecule has 4 nitrogen and oxygen atoms in total. The van der Waals surface area contributed by atoms with Gasteiger partial charge in [0.15, 0.2) is 0 Å². The first-order valence-electron chi connectivity index (χ1n) is 9.62. The Kier molecular flexibility index (Phi) is 7.16. The molecular weight excluding hydrogens is 412 g/mol. The molecule has 0 spiro atoms. The minimum Gasteiger partial charge on any atom is -0.458 e. The molecule has 0 N–H and O–H groups in total. The minimum atomic E-state index is -0.473. The molecule has 0 saturated carbocycles. The lowest BCUT2D eigenvalue weighted by Gasteiger charge is -2.11. The van der Waals surface area contributed by atoms with Crippen LogP contribution in [0.15, 0.2) is 79.9 Å². The summed E-state index contributed by atoms with van der Waals surface area (Å²) in [7, 11) is 0. The molecule has 3 aromatic rings. The lowest BCUT2D eigenvalue weighted by Crippen LogP contribution is -2.09. The summed E-state index contributed by atoms with van der Waals surface area (Å²) in [4.78, 5) is 12.3. The van der Waals surface area contributed by atoms with Gasteiger partial charge in [-0.15, -0.1) is 0 Å². The average molecular weight is 435 g/mol. The molecule has 0 aliphatic carbocycles. The Morgan fingerprint density at radius 1 is 0.774 bits per heavy atom. The van der Waals surface area contributed by atoms with Crippen LogP contribution in [-0.2, 0) is 0 Å². The van der Waals surface area contributed by atoms with E-state index in [1.807, 2.05) is 50.2 Å². The first-order chi connectivity index (χ1) is 14.8. The molecule has 0 aliphatic rings. The van der Waals surface area contributed by atoms with Gasteiger partial charge in [-0.2, -0.15) is 0 Å². The van der Waals surface area contributed by atoms with E-state index in [1.54, 1.807) is 24.3 Å². The number of hydrogen-bond donors (Lipinski definition) is 0. The molecule has 3 rings (SSSR count). The molecule has 0 heterocycles. The van der Waals surface area contributed by atoms with Gasteiger partial charge in [0, 0.05) is 6.07 Å². The molecule has 0 radical (unpaired) electrons. The van der Waals surface area contributed by atoms with Gasteiger partial charge in [-0.25, -0.2) is 4.79 Å². The molecule has 31 heavy (non-hydrogen) atoms. The number of ether oxygens (including phenoxy) is 3. The Morgan fingerprint density at radius 2 is 1.29 bits per heavy atom. The average Bonchev–Trinajstić information content (AvgIpc) is 2.75. The van der Waals surface area contributed by atoms with Gasteiger partial charge >= 0.3 is 5.97 Å². The van der Waals surface area contributed by atoms with E-state index in [2.05, 4.69) is 13.2 Å². The van der Waals surface area contributed by atoms with E-state index in [0.717, 1.165) is 22.3 Å². The molecule has 3 aromatic carbocycles. The maximum Gasteiger partial charge on any atom is 0.343 e. The van der Waals surface area contributed by atoms with Gasteiger partial charge in [-0.3, -0.25) is 0 Å². The number of benzene rings is 3. The van der Waals surface area contributed by atoms with Gasteiger partial charge in [0.1, 0.15) is 17.2 Å². The van der Waals surface area contributed by atoms with Crippen LogP contribution in [0.5, 0.6) is 17.2 Å². The summed E-state index contributed by atoms with van der Waals surface area (Å²) >= 11 is 6.26. The topological polar surface area (TPSA) is 44.8 Å². The Morgan fingerprint density at radius 3 is 1.84 bits per heavy atom. The van der Waals surface area contributed by atoms with E-state index >= 15 is 0 Å². The van der Waals surface area contributed by atoms with Crippen LogP contribution in [0.1, 0.15) is 35.3 Å². The fourth-order valence-electron chi connectivity index (χ4n) is 2.72. The molecule has 158 valence electrons. The van der Waals surface area contributed by atoms with Gasteiger partial charge in [-0.05, 0) is 61.4 Å². The van der Waals surface area contributed by atoms with Crippen LogP contribution in [0.25, 0.3) is 11.1 Å². The summed E-state index contributed by atoms with van der Waals surface area (Å²) in [6, 6.07) is 19.4. The number of rotatable bonds is 8. The number of halogens is 1. The van der Waals surface area contributed by atoms with Crippen molar-refractivity contribution in [2.24, 2.45) is 0 Å². The second kappa shape index (κ2) is 10.0. The Bertz CT molecular complexity index is 1100. The van der Waals surface area contributed by atoms with Crippen LogP contribution in [0.2, 0.25) is 5.02 Å². The van der Waals surface area contributed by atoms with Crippen LogP contribution >= 0.6 is 11.6 Å². The van der Waals surface area contributed by atoms with E-state index in [1.165, 1.54) is 6.07 Å². The van der Waals surface area contributed by atoms with Crippen LogP contribution in [0, 0.1) is 0 Å². The predicted molar refractivity (Wildman–Crippen MR) is 125 cm³/mol. The van der Waals surface area contributed by atoms with Gasteiger partial charge in [-0.1, -0.05) is 60.2 Å². The summed E-state index contributed by atoms with van der Waals surface area (Å²) in [6.45, 7) is 11.6. The maximum atomic E-state index is 12.3. The van der Waals surface area contributed by atoms with Gasteiger partial charge in [0.2, 0.25) is 6.79 Å². The summed E-state index contributed by atoms with van der Waals surface area (Å²) in [5, 5.41) is 0.309. The first-order valence-corrected chi connectivity index (χ1v) is 10.0. The van der Waals surface area contributed by atoms with Crippen molar-refractivity contribution in [3.8, 4) is 17.2 Å². The lowest BCUT2D eigenvalue weighted by atomic mass is 10.1. The monoisotopic (exact) mass is 434 g/mol. The highest BCUT2D eigenvalue weighted by atomic mass is 35.5. The second-order valence-corrected chi connectivity index (χ2v) is 7.46. The van der Waals surface area contributed by atoms with Gasteiger partial charge < -0.3 is 14.2 Å². The van der Waals surface area contributed by atoms with Crippen LogP contribution in [-0.4, -0.2) is 12.8 Å². The van der Waals surface area contributed by atoms with Gasteiger partial charge in [0.25, 0.3) is 0 Å². The van der Waals surface area contributed by atoms with Crippen LogP contribution < -0.4 is 14.2 Å². The minimum absolute atomic E-state index is 0.0136. The summed E-state index contributed by atoms with van der Waals surface area (Å²) in [6.07, 6.45) is 0. The molecule has 0 fully saturated rings. The van der Waals surface area contributed by atoms with E-state index < -0.39 is 5.97 Å². The van der Waals surface area contributed by atoms with Crippen molar-refractivity contribution in [1.82, 2.24) is 0 Å². The number of carbonyl (C=O) groups is 1. The number of carbonyl (C=O) groups excluding carboxylic acids is 1. The lowest BCUT2D eigenvalue weighted by molar-refractivity contribution is 0.0734. The number of hydrogen-bond acceptors (Lipinski definition) is 4. The smallest absolute Gasteiger partial charge is 0.343 e. The predicted octanol–water partition coefficient (Wildman–Crippen LogP) is 7.04. The number of allylic oxidation sites excluding steroid dienone is 2. The van der Waals surface area contributed by atoms with Crippen LogP contribution in [0.3, 0.4) is 0 Å². The molecule has 0 aromatic heterocycles. The molecule has 5 heteroatoms. The van der Waals surface area contributed by atoms with E-state index in [9.17, 15) is 4.79 Å². The highest BCUT2D eigenvalue weighted by Crippen LogP contribution is 2.29. The quantitative estimate of drug-likeness (QED) is 0.216. The van der Waals surface area contributed by atoms with Crippen molar-refractivity contribution in [2.45, 2.75) is 13.8 Å². The normalized spacial score (nSPS) is 10.3. The fraction of sp³-hybridized carbons (Fsp3) is 0.115. The highest BCUT2D eigenvalue weighted by molar-refractivity contribution is 6.32. The zero-order valence-corrected chi connectivity index (χ0v) is 18.2. The van der Waals surface area contributed by atoms with Crippen molar-refractivity contribution in [2.75, 3.05) is 6.79 Å². The zero-order valence-electron chi connectivity index (χ0n) is 17.5. The Labute approximate surface area is 187 Å². The molecule has 0 atom stereocenters. The van der Waals surface area contributed by atoms with Crippen molar-refractivity contribution in [3.05, 3.63) is 102 Å². The maximum absolute atomic E-state index is 12.3. The van der Waals surface area contributed by atoms with E-state index in [4.69, 9.17) is 25.8 Å². The standard InChI is InChI=1S/C26H23ClO4/c1-17(2)19-5-7-21(8-6-19)26(28)31-23-13-14-25(24(27)15-23)30-16-29-22-11-9-20(10-12-22)18(3)4/h5-15H,1,3,16H2,2,4H3. The van der Waals surface area contributed by atoms with E-state index in [-0.39, 0.29) is 6.79 Å². The van der Waals surface area contributed by atoms with Crippen molar-refractivity contribution in [1.29, 1.82) is 0 Å². The van der Waals surface area contributed by atoms with Gasteiger partial charge in [0.05, 0.1) is 10.6 Å². The Hall–Kier alpha value is -3.50. The molecule has 0 bridgehead atoms. The van der Waals surface area contributed by atoms with Crippen molar-refractivity contribution >= 4 is 28.7 Å². The zero-order chi connectivity index (χ0) is 22.4. The molecule has 0 aliphatic heterocycles. The first kappa shape index (κ1) is 22.2. The number of esters is 1. The van der Waals surface area contributed by atoms with Crippen LogP contribution in [0.4, 0.5) is 0 Å². The van der Waals surface area contributed by atoms with Crippen molar-refractivity contribution < 1.29 is 19.0 Å². The second-order valence-electron chi connectivity index (χ2n) is 7.05. The Balaban J connectivity index is 1.56. The highest BCUT2D eigenvalue weighted by Gasteiger charge is 2.11. The molecule has 0 saturated heterocycles. The third kappa shape index (κ3) is 6.00. The van der Waals surface area contributed by atoms with Crippen molar-refractivity contribution in [3.63, 3.8) is 0 Å². The third-order valence-electron chi connectivity index (χ3n) is 4.51. The molecule has 0 unspecified atom stereocenters. The molecular formula is C26H23ClO4. The summed E-state index contributed by atoms with van der Waals surface area (Å²) in [5.74, 6) is 0.942. The summed E-state index contributed by atoms with van der Waals surface area (Å²) in [5.41, 5.74) is 4.37. The molecule has 0 amide bonds. The fourth-order valence-corrected chi connectivity index (χ4v) is 2.94. The summed E-state index contributed by atoms with van der Waals surface area (Å²) < 4.78 is 16.6. The third-order valence-corrected chi connectivity index (χ3v) is 4.81.